The SMILES string of the molecule is O=C(O)c1ccc2c(c1)CCN(CCN1CCOCC1)C2. The minimum absolute atomic E-state index is 0.399. The Morgan fingerprint density at radius 3 is 2.62 bits per heavy atom. The number of fused-ring (bicyclic) bond motifs is 1. The molecule has 0 aromatic heterocycles. The molecular formula is C16H22N2O3. The number of carboxylic acids is 1. The molecule has 1 aromatic carbocycles. The van der Waals surface area contributed by atoms with Crippen molar-refractivity contribution in [3.05, 3.63) is 34.9 Å². The molecule has 0 saturated carbocycles. The first-order valence-electron chi connectivity index (χ1n) is 7.60. The second-order valence-electron chi connectivity index (χ2n) is 5.77. The third-order valence-electron chi connectivity index (χ3n) is 4.38. The van der Waals surface area contributed by atoms with Gasteiger partial charge >= 0.3 is 5.97 Å². The molecule has 0 spiro atoms. The number of carbonyl (C=O) groups is 1. The van der Waals surface area contributed by atoms with Gasteiger partial charge in [0.15, 0.2) is 0 Å². The van der Waals surface area contributed by atoms with Crippen LogP contribution in [0.4, 0.5) is 0 Å². The second kappa shape index (κ2) is 6.56. The number of nitrogens with zero attached hydrogens (tertiary/aromatic N) is 2. The number of benzene rings is 1. The van der Waals surface area contributed by atoms with Gasteiger partial charge in [-0.15, -0.1) is 0 Å². The maximum absolute atomic E-state index is 11.0. The molecule has 1 N–H and O–H groups in total. The zero-order valence-electron chi connectivity index (χ0n) is 12.3. The smallest absolute Gasteiger partial charge is 0.335 e. The van der Waals surface area contributed by atoms with Gasteiger partial charge in [-0.05, 0) is 29.7 Å². The first kappa shape index (κ1) is 14.5. The van der Waals surface area contributed by atoms with Crippen LogP contribution in [0.15, 0.2) is 18.2 Å². The summed E-state index contributed by atoms with van der Waals surface area (Å²) in [7, 11) is 0. The largest absolute Gasteiger partial charge is 0.478 e. The fraction of sp³-hybridized carbons (Fsp3) is 0.562. The number of ether oxygens (including phenoxy) is 1. The Morgan fingerprint density at radius 2 is 1.86 bits per heavy atom. The van der Waals surface area contributed by atoms with Gasteiger partial charge in [0.05, 0.1) is 18.8 Å². The summed E-state index contributed by atoms with van der Waals surface area (Å²) in [6.45, 7) is 7.87. The zero-order valence-corrected chi connectivity index (χ0v) is 12.3. The molecule has 0 aliphatic carbocycles. The standard InChI is InChI=1S/C16H22N2O3/c19-16(20)14-1-2-15-12-18(4-3-13(15)11-14)6-5-17-7-9-21-10-8-17/h1-2,11H,3-10,12H2,(H,19,20). The molecule has 1 fully saturated rings. The van der Waals surface area contributed by atoms with Crippen molar-refractivity contribution in [1.29, 1.82) is 0 Å². The molecule has 2 aliphatic rings. The fourth-order valence-corrected chi connectivity index (χ4v) is 3.04. The maximum Gasteiger partial charge on any atom is 0.335 e. The van der Waals surface area contributed by atoms with Gasteiger partial charge in [0.25, 0.3) is 0 Å². The van der Waals surface area contributed by atoms with Gasteiger partial charge < -0.3 is 9.84 Å². The molecule has 5 nitrogen and oxygen atoms in total. The van der Waals surface area contributed by atoms with E-state index in [4.69, 9.17) is 9.84 Å². The average Bonchev–Trinajstić information content (AvgIpc) is 2.53. The Hall–Kier alpha value is -1.43. The fourth-order valence-electron chi connectivity index (χ4n) is 3.04. The van der Waals surface area contributed by atoms with Crippen LogP contribution < -0.4 is 0 Å². The van der Waals surface area contributed by atoms with Crippen LogP contribution in [-0.2, 0) is 17.7 Å². The summed E-state index contributed by atoms with van der Waals surface area (Å²) < 4.78 is 5.37. The van der Waals surface area contributed by atoms with E-state index >= 15 is 0 Å². The molecule has 1 aromatic rings. The van der Waals surface area contributed by atoms with Crippen LogP contribution in [0.1, 0.15) is 21.5 Å². The topological polar surface area (TPSA) is 53.0 Å². The summed E-state index contributed by atoms with van der Waals surface area (Å²) in [6, 6.07) is 5.52. The Bertz CT molecular complexity index is 512. The molecule has 21 heavy (non-hydrogen) atoms. The van der Waals surface area contributed by atoms with Crippen molar-refractivity contribution in [2.24, 2.45) is 0 Å². The summed E-state index contributed by atoms with van der Waals surface area (Å²) in [4.78, 5) is 15.9. The molecule has 3 rings (SSSR count). The van der Waals surface area contributed by atoms with Crippen LogP contribution in [0.25, 0.3) is 0 Å². The Morgan fingerprint density at radius 1 is 1.10 bits per heavy atom. The van der Waals surface area contributed by atoms with E-state index in [1.165, 1.54) is 11.1 Å². The average molecular weight is 290 g/mol. The number of aromatic carboxylic acids is 1. The van der Waals surface area contributed by atoms with Crippen molar-refractivity contribution in [3.63, 3.8) is 0 Å². The minimum Gasteiger partial charge on any atom is -0.478 e. The van der Waals surface area contributed by atoms with E-state index in [0.717, 1.165) is 58.9 Å². The number of rotatable bonds is 4. The highest BCUT2D eigenvalue weighted by Crippen LogP contribution is 2.20. The lowest BCUT2D eigenvalue weighted by molar-refractivity contribution is 0.0326. The van der Waals surface area contributed by atoms with Gasteiger partial charge in [-0.1, -0.05) is 6.07 Å². The van der Waals surface area contributed by atoms with Gasteiger partial charge in [-0.25, -0.2) is 4.79 Å². The molecule has 114 valence electrons. The van der Waals surface area contributed by atoms with Crippen molar-refractivity contribution in [2.45, 2.75) is 13.0 Å². The molecule has 5 heteroatoms. The van der Waals surface area contributed by atoms with Gasteiger partial charge in [0.1, 0.15) is 0 Å². The van der Waals surface area contributed by atoms with Crippen LogP contribution in [0.5, 0.6) is 0 Å². The first-order chi connectivity index (χ1) is 10.2. The molecule has 0 bridgehead atoms. The van der Waals surface area contributed by atoms with Crippen molar-refractivity contribution in [1.82, 2.24) is 9.80 Å². The Kier molecular flexibility index (Phi) is 4.53. The summed E-state index contributed by atoms with van der Waals surface area (Å²) in [5, 5.41) is 9.04. The van der Waals surface area contributed by atoms with Crippen LogP contribution in [-0.4, -0.2) is 66.8 Å². The zero-order chi connectivity index (χ0) is 14.7. The molecule has 2 aliphatic heterocycles. The molecular weight excluding hydrogens is 268 g/mol. The number of carboxylic acid groups (broad SMARTS) is 1. The summed E-state index contributed by atoms with van der Waals surface area (Å²) in [5.74, 6) is -0.840. The summed E-state index contributed by atoms with van der Waals surface area (Å²) >= 11 is 0. The lowest BCUT2D eigenvalue weighted by atomic mass is 9.97. The van der Waals surface area contributed by atoms with Crippen LogP contribution >= 0.6 is 0 Å². The van der Waals surface area contributed by atoms with E-state index in [-0.39, 0.29) is 0 Å². The molecule has 0 atom stereocenters. The highest BCUT2D eigenvalue weighted by atomic mass is 16.5. The highest BCUT2D eigenvalue weighted by molar-refractivity contribution is 5.87. The Balaban J connectivity index is 1.55. The quantitative estimate of drug-likeness (QED) is 0.899. The third kappa shape index (κ3) is 3.61. The third-order valence-corrected chi connectivity index (χ3v) is 4.38. The first-order valence-corrected chi connectivity index (χ1v) is 7.60. The van der Waals surface area contributed by atoms with Gasteiger partial charge in [-0.2, -0.15) is 0 Å². The van der Waals surface area contributed by atoms with E-state index in [1.54, 1.807) is 6.07 Å². The van der Waals surface area contributed by atoms with E-state index in [9.17, 15) is 4.79 Å². The molecule has 0 unspecified atom stereocenters. The van der Waals surface area contributed by atoms with Crippen molar-refractivity contribution in [3.8, 4) is 0 Å². The molecule has 0 radical (unpaired) electrons. The van der Waals surface area contributed by atoms with Crippen LogP contribution in [0, 0.1) is 0 Å². The molecule has 1 saturated heterocycles. The van der Waals surface area contributed by atoms with E-state index < -0.39 is 5.97 Å². The minimum atomic E-state index is -0.840. The number of morpholine rings is 1. The van der Waals surface area contributed by atoms with Gasteiger partial charge in [-0.3, -0.25) is 9.80 Å². The van der Waals surface area contributed by atoms with Crippen LogP contribution in [0.3, 0.4) is 0 Å². The normalized spacial score (nSPS) is 20.2. The van der Waals surface area contributed by atoms with E-state index in [2.05, 4.69) is 9.80 Å². The monoisotopic (exact) mass is 290 g/mol. The second-order valence-corrected chi connectivity index (χ2v) is 5.77. The van der Waals surface area contributed by atoms with Gasteiger partial charge in [0, 0.05) is 39.3 Å². The van der Waals surface area contributed by atoms with Gasteiger partial charge in [0.2, 0.25) is 0 Å². The Labute approximate surface area is 125 Å². The number of hydrogen-bond acceptors (Lipinski definition) is 4. The van der Waals surface area contributed by atoms with Crippen LogP contribution in [0.2, 0.25) is 0 Å². The maximum atomic E-state index is 11.0. The summed E-state index contributed by atoms with van der Waals surface area (Å²) in [5.41, 5.74) is 2.86. The van der Waals surface area contributed by atoms with Crippen molar-refractivity contribution in [2.75, 3.05) is 45.9 Å². The summed E-state index contributed by atoms with van der Waals surface area (Å²) in [6.07, 6.45) is 0.944. The van der Waals surface area contributed by atoms with Crippen molar-refractivity contribution >= 4 is 5.97 Å². The predicted octanol–water partition coefficient (Wildman–Crippen LogP) is 1.08. The number of hydrogen-bond donors (Lipinski definition) is 1. The highest BCUT2D eigenvalue weighted by Gasteiger charge is 2.19. The van der Waals surface area contributed by atoms with Crippen molar-refractivity contribution < 1.29 is 14.6 Å². The van der Waals surface area contributed by atoms with E-state index in [0.29, 0.717) is 5.56 Å². The predicted molar refractivity (Wildman–Crippen MR) is 79.6 cm³/mol. The molecule has 2 heterocycles. The van der Waals surface area contributed by atoms with E-state index in [1.807, 2.05) is 12.1 Å². The molecule has 0 amide bonds. The lowest BCUT2D eigenvalue weighted by Crippen LogP contribution is -2.42. The lowest BCUT2D eigenvalue weighted by Gasteiger charge is -2.32.